The molecule has 0 saturated carbocycles. The van der Waals surface area contributed by atoms with Crippen molar-refractivity contribution < 1.29 is 22.6 Å². The minimum atomic E-state index is -2.71. The second kappa shape index (κ2) is 8.08. The van der Waals surface area contributed by atoms with Crippen molar-refractivity contribution in [3.05, 3.63) is 71.4 Å². The lowest BCUT2D eigenvalue weighted by atomic mass is 10.1. The number of aliphatic hydroxyl groups is 1. The van der Waals surface area contributed by atoms with Gasteiger partial charge in [-0.2, -0.15) is 5.10 Å². The topological polar surface area (TPSA) is 75.3 Å². The standard InChI is InChI=1S/C19H18F2N2O3S/c1-12(24)14-6-8-16(9-7-14)23-18(10-17(22-23)19(20)21)15-4-2-13(3-5-15)11-27(25)26/h2-10,12,19,24H,11H2,1H3,(H,25,26). The molecule has 3 rings (SSSR count). The van der Waals surface area contributed by atoms with E-state index < -0.39 is 23.6 Å². The van der Waals surface area contributed by atoms with Crippen molar-refractivity contribution in [1.29, 1.82) is 0 Å². The van der Waals surface area contributed by atoms with Crippen LogP contribution in [0.4, 0.5) is 8.78 Å². The predicted octanol–water partition coefficient (Wildman–Crippen LogP) is 4.25. The Morgan fingerprint density at radius 3 is 2.26 bits per heavy atom. The van der Waals surface area contributed by atoms with Crippen LogP contribution in [-0.4, -0.2) is 23.6 Å². The summed E-state index contributed by atoms with van der Waals surface area (Å²) in [4.78, 5) is 0. The lowest BCUT2D eigenvalue weighted by Gasteiger charge is -2.10. The fourth-order valence-electron chi connectivity index (χ4n) is 2.72. The Kier molecular flexibility index (Phi) is 5.79. The van der Waals surface area contributed by atoms with Crippen LogP contribution in [0.15, 0.2) is 54.6 Å². The molecule has 1 aromatic heterocycles. The molecule has 0 radical (unpaired) electrons. The quantitative estimate of drug-likeness (QED) is 0.615. The predicted molar refractivity (Wildman–Crippen MR) is 99.1 cm³/mol. The molecule has 0 fully saturated rings. The normalized spacial score (nSPS) is 13.7. The van der Waals surface area contributed by atoms with Crippen LogP contribution < -0.4 is 0 Å². The highest BCUT2D eigenvalue weighted by Crippen LogP contribution is 2.29. The Bertz CT molecular complexity index is 939. The van der Waals surface area contributed by atoms with Gasteiger partial charge in [0.2, 0.25) is 0 Å². The van der Waals surface area contributed by atoms with Gasteiger partial charge < -0.3 is 9.66 Å². The minimum absolute atomic E-state index is 0.00261. The summed E-state index contributed by atoms with van der Waals surface area (Å²) < 4.78 is 47.7. The zero-order chi connectivity index (χ0) is 19.6. The molecular weight excluding hydrogens is 374 g/mol. The zero-order valence-corrected chi connectivity index (χ0v) is 15.2. The number of hydrogen-bond donors (Lipinski definition) is 2. The molecule has 0 bridgehead atoms. The molecule has 8 heteroatoms. The van der Waals surface area contributed by atoms with Crippen LogP contribution in [-0.2, 0) is 16.8 Å². The van der Waals surface area contributed by atoms with Gasteiger partial charge in [0.05, 0.1) is 23.2 Å². The smallest absolute Gasteiger partial charge is 0.282 e. The van der Waals surface area contributed by atoms with Crippen molar-refractivity contribution in [3.8, 4) is 16.9 Å². The average Bonchev–Trinajstić information content (AvgIpc) is 3.07. The highest BCUT2D eigenvalue weighted by Gasteiger charge is 2.18. The van der Waals surface area contributed by atoms with Crippen LogP contribution in [0.1, 0.15) is 36.3 Å². The van der Waals surface area contributed by atoms with Gasteiger partial charge in [0.25, 0.3) is 6.43 Å². The van der Waals surface area contributed by atoms with Gasteiger partial charge in [0.15, 0.2) is 11.1 Å². The van der Waals surface area contributed by atoms with Crippen LogP contribution in [0.3, 0.4) is 0 Å². The van der Waals surface area contributed by atoms with Crippen molar-refractivity contribution in [3.63, 3.8) is 0 Å². The Morgan fingerprint density at radius 1 is 1.11 bits per heavy atom. The first-order chi connectivity index (χ1) is 12.8. The average molecular weight is 392 g/mol. The van der Waals surface area contributed by atoms with E-state index in [2.05, 4.69) is 5.10 Å². The van der Waals surface area contributed by atoms with Gasteiger partial charge >= 0.3 is 0 Å². The van der Waals surface area contributed by atoms with E-state index in [0.29, 0.717) is 28.1 Å². The molecule has 142 valence electrons. The zero-order valence-electron chi connectivity index (χ0n) is 14.4. The van der Waals surface area contributed by atoms with E-state index in [9.17, 15) is 18.1 Å². The molecule has 2 aromatic carbocycles. The molecule has 27 heavy (non-hydrogen) atoms. The second-order valence-corrected chi connectivity index (χ2v) is 7.03. The maximum Gasteiger partial charge on any atom is 0.282 e. The van der Waals surface area contributed by atoms with E-state index in [1.807, 2.05) is 0 Å². The first kappa shape index (κ1) is 19.3. The summed E-state index contributed by atoms with van der Waals surface area (Å²) >= 11 is -1.95. The Hall–Kier alpha value is -2.42. The molecule has 0 spiro atoms. The van der Waals surface area contributed by atoms with E-state index in [-0.39, 0.29) is 11.4 Å². The molecule has 3 aromatic rings. The molecular formula is C19H18F2N2O3S. The summed E-state index contributed by atoms with van der Waals surface area (Å²) in [6, 6.07) is 14.9. The number of aromatic nitrogens is 2. The maximum absolute atomic E-state index is 13.2. The number of aliphatic hydroxyl groups excluding tert-OH is 1. The van der Waals surface area contributed by atoms with Crippen LogP contribution in [0.2, 0.25) is 0 Å². The van der Waals surface area contributed by atoms with E-state index in [0.717, 1.165) is 0 Å². The first-order valence-electron chi connectivity index (χ1n) is 8.18. The van der Waals surface area contributed by atoms with E-state index in [1.54, 1.807) is 55.5 Å². The fraction of sp³-hybridized carbons (Fsp3) is 0.211. The molecule has 2 N–H and O–H groups in total. The van der Waals surface area contributed by atoms with Gasteiger partial charge in [-0.05, 0) is 36.2 Å². The van der Waals surface area contributed by atoms with Crippen molar-refractivity contribution in [2.45, 2.75) is 25.2 Å². The Labute approximate surface area is 157 Å². The molecule has 0 aliphatic rings. The summed E-state index contributed by atoms with van der Waals surface area (Å²) in [7, 11) is 0. The fourth-order valence-corrected chi connectivity index (χ4v) is 3.19. The van der Waals surface area contributed by atoms with E-state index in [1.165, 1.54) is 10.7 Å². The van der Waals surface area contributed by atoms with Crippen molar-refractivity contribution in [1.82, 2.24) is 9.78 Å². The largest absolute Gasteiger partial charge is 0.389 e. The second-order valence-electron chi connectivity index (χ2n) is 6.10. The lowest BCUT2D eigenvalue weighted by Crippen LogP contribution is -2.01. The van der Waals surface area contributed by atoms with Crippen LogP contribution >= 0.6 is 0 Å². The third-order valence-electron chi connectivity index (χ3n) is 4.11. The molecule has 2 atom stereocenters. The van der Waals surface area contributed by atoms with Crippen LogP contribution in [0, 0.1) is 0 Å². The van der Waals surface area contributed by atoms with Crippen molar-refractivity contribution >= 4 is 11.1 Å². The number of hydrogen-bond acceptors (Lipinski definition) is 3. The monoisotopic (exact) mass is 392 g/mol. The summed E-state index contributed by atoms with van der Waals surface area (Å²) in [5.74, 6) is 0.00261. The SMILES string of the molecule is CC(O)c1ccc(-n2nc(C(F)F)cc2-c2ccc(CS(=O)O)cc2)cc1. The van der Waals surface area contributed by atoms with Gasteiger partial charge in [0, 0.05) is 5.56 Å². The third kappa shape index (κ3) is 4.47. The summed E-state index contributed by atoms with van der Waals surface area (Å²) in [5.41, 5.74) is 2.75. The number of rotatable bonds is 6. The molecule has 1 heterocycles. The van der Waals surface area contributed by atoms with Gasteiger partial charge in [0.1, 0.15) is 5.69 Å². The highest BCUT2D eigenvalue weighted by atomic mass is 32.2. The van der Waals surface area contributed by atoms with E-state index in [4.69, 9.17) is 4.55 Å². The molecule has 0 aliphatic carbocycles. The molecule has 0 aliphatic heterocycles. The molecule has 0 amide bonds. The van der Waals surface area contributed by atoms with Gasteiger partial charge in [-0.15, -0.1) is 0 Å². The van der Waals surface area contributed by atoms with Gasteiger partial charge in [-0.3, -0.25) is 0 Å². The van der Waals surface area contributed by atoms with Crippen molar-refractivity contribution in [2.24, 2.45) is 0 Å². The van der Waals surface area contributed by atoms with Crippen molar-refractivity contribution in [2.75, 3.05) is 0 Å². The van der Waals surface area contributed by atoms with Crippen LogP contribution in [0.5, 0.6) is 0 Å². The summed E-state index contributed by atoms with van der Waals surface area (Å²) in [6.07, 6.45) is -3.34. The summed E-state index contributed by atoms with van der Waals surface area (Å²) in [5, 5.41) is 13.6. The first-order valence-corrected chi connectivity index (χ1v) is 9.46. The number of benzene rings is 2. The van der Waals surface area contributed by atoms with Crippen LogP contribution in [0.25, 0.3) is 16.9 Å². The molecule has 2 unspecified atom stereocenters. The number of alkyl halides is 2. The maximum atomic E-state index is 13.2. The van der Waals surface area contributed by atoms with Gasteiger partial charge in [-0.25, -0.2) is 17.7 Å². The molecule has 5 nitrogen and oxygen atoms in total. The molecule has 0 saturated heterocycles. The minimum Gasteiger partial charge on any atom is -0.389 e. The Balaban J connectivity index is 2.03. The Morgan fingerprint density at radius 2 is 1.74 bits per heavy atom. The lowest BCUT2D eigenvalue weighted by molar-refractivity contribution is 0.145. The van der Waals surface area contributed by atoms with E-state index >= 15 is 0 Å². The third-order valence-corrected chi connectivity index (χ3v) is 4.69. The number of halogens is 2. The summed E-state index contributed by atoms with van der Waals surface area (Å²) in [6.45, 7) is 1.64. The highest BCUT2D eigenvalue weighted by molar-refractivity contribution is 7.78. The van der Waals surface area contributed by atoms with Gasteiger partial charge in [-0.1, -0.05) is 36.4 Å². The number of nitrogens with zero attached hydrogens (tertiary/aromatic N) is 2.